The molecule has 0 aromatic carbocycles. The molecular weight excluding hydrogens is 204 g/mol. The Hall–Kier alpha value is -2.36. The van der Waals surface area contributed by atoms with Crippen LogP contribution in [0, 0.1) is 0 Å². The Labute approximate surface area is 93.0 Å². The van der Waals surface area contributed by atoms with Crippen LogP contribution in [0.25, 0.3) is 0 Å². The van der Waals surface area contributed by atoms with Gasteiger partial charge >= 0.3 is 0 Å². The maximum Gasteiger partial charge on any atom is 0.168 e. The Morgan fingerprint density at radius 3 is 2.19 bits per heavy atom. The first kappa shape index (κ1) is 11.7. The van der Waals surface area contributed by atoms with Crippen molar-refractivity contribution in [2.75, 3.05) is 0 Å². The zero-order valence-electron chi connectivity index (χ0n) is 8.48. The van der Waals surface area contributed by atoms with Crippen molar-refractivity contribution in [2.24, 2.45) is 0 Å². The van der Waals surface area contributed by atoms with Crippen LogP contribution < -0.4 is 0 Å². The Kier molecular flexibility index (Phi) is 5.13. The Morgan fingerprint density at radius 2 is 1.81 bits per heavy atom. The smallest absolute Gasteiger partial charge is 0.168 e. The van der Waals surface area contributed by atoms with E-state index in [9.17, 15) is 9.59 Å². The lowest BCUT2D eigenvalue weighted by Crippen LogP contribution is -1.80. The molecule has 80 valence electrons. The lowest BCUT2D eigenvalue weighted by Gasteiger charge is -1.81. The molecule has 0 fully saturated rings. The molecule has 0 N–H and O–H groups in total. The number of rotatable bonds is 2. The summed E-state index contributed by atoms with van der Waals surface area (Å²) < 4.78 is 0. The second-order valence-electron chi connectivity index (χ2n) is 2.78. The van der Waals surface area contributed by atoms with Crippen LogP contribution in [-0.2, 0) is 0 Å². The summed E-state index contributed by atoms with van der Waals surface area (Å²) >= 11 is 0. The number of aromatic nitrogens is 2. The van der Waals surface area contributed by atoms with Crippen molar-refractivity contribution in [3.63, 3.8) is 0 Å². The number of carbonyl (C=O) groups excluding carboxylic acids is 2. The van der Waals surface area contributed by atoms with Crippen LogP contribution in [0.5, 0.6) is 0 Å². The number of nitrogens with zero attached hydrogens (tertiary/aromatic N) is 2. The van der Waals surface area contributed by atoms with Gasteiger partial charge in [0.1, 0.15) is 5.69 Å². The molecule has 0 amide bonds. The highest BCUT2D eigenvalue weighted by molar-refractivity contribution is 5.73. The van der Waals surface area contributed by atoms with Crippen molar-refractivity contribution in [1.82, 2.24) is 9.97 Å². The van der Waals surface area contributed by atoms with Crippen molar-refractivity contribution in [3.8, 4) is 0 Å². The van der Waals surface area contributed by atoms with Crippen LogP contribution in [0.15, 0.2) is 48.9 Å². The van der Waals surface area contributed by atoms with Gasteiger partial charge in [-0.05, 0) is 24.3 Å². The van der Waals surface area contributed by atoms with Crippen molar-refractivity contribution in [1.29, 1.82) is 0 Å². The molecule has 0 bridgehead atoms. The summed E-state index contributed by atoms with van der Waals surface area (Å²) in [5, 5.41) is 0. The second kappa shape index (κ2) is 7.00. The van der Waals surface area contributed by atoms with E-state index in [4.69, 9.17) is 0 Å². The molecule has 0 radical (unpaired) electrons. The highest BCUT2D eigenvalue weighted by atomic mass is 16.1. The van der Waals surface area contributed by atoms with Gasteiger partial charge in [0.15, 0.2) is 12.6 Å². The van der Waals surface area contributed by atoms with Crippen molar-refractivity contribution < 1.29 is 9.59 Å². The van der Waals surface area contributed by atoms with Gasteiger partial charge in [-0.1, -0.05) is 6.07 Å². The predicted molar refractivity (Wildman–Crippen MR) is 59.2 cm³/mol. The lowest BCUT2D eigenvalue weighted by molar-refractivity contribution is 0.111. The average molecular weight is 214 g/mol. The third-order valence-electron chi connectivity index (χ3n) is 1.63. The molecule has 16 heavy (non-hydrogen) atoms. The SMILES string of the molecule is O=Cc1ccccn1.O=Cc1cccnc1. The maximum atomic E-state index is 9.97. The molecule has 0 saturated carbocycles. The fraction of sp³-hybridized carbons (Fsp3) is 0. The fourth-order valence-electron chi connectivity index (χ4n) is 0.891. The van der Waals surface area contributed by atoms with E-state index in [-0.39, 0.29) is 0 Å². The summed E-state index contributed by atoms with van der Waals surface area (Å²) in [7, 11) is 0. The lowest BCUT2D eigenvalue weighted by atomic mass is 10.3. The minimum Gasteiger partial charge on any atom is -0.298 e. The molecule has 0 aliphatic carbocycles. The molecule has 0 atom stereocenters. The van der Waals surface area contributed by atoms with Gasteiger partial charge in [-0.2, -0.15) is 0 Å². The largest absolute Gasteiger partial charge is 0.298 e. The second-order valence-corrected chi connectivity index (χ2v) is 2.78. The van der Waals surface area contributed by atoms with E-state index in [2.05, 4.69) is 9.97 Å². The molecule has 0 aliphatic rings. The van der Waals surface area contributed by atoms with E-state index >= 15 is 0 Å². The predicted octanol–water partition coefficient (Wildman–Crippen LogP) is 1.79. The molecule has 0 unspecified atom stereocenters. The first-order chi connectivity index (χ1) is 7.86. The van der Waals surface area contributed by atoms with Crippen LogP contribution in [-0.4, -0.2) is 22.5 Å². The minimum atomic E-state index is 0.479. The molecule has 4 heteroatoms. The standard InChI is InChI=1S/2C6H5NO/c8-5-6-2-1-3-7-4-6;8-5-6-3-1-2-4-7-6/h2*1-5H. The van der Waals surface area contributed by atoms with Crippen LogP contribution in [0.3, 0.4) is 0 Å². The molecule has 2 aromatic heterocycles. The van der Waals surface area contributed by atoms with E-state index in [1.165, 1.54) is 6.20 Å². The van der Waals surface area contributed by atoms with Gasteiger partial charge < -0.3 is 0 Å². The van der Waals surface area contributed by atoms with Crippen molar-refractivity contribution in [3.05, 3.63) is 60.2 Å². The zero-order valence-corrected chi connectivity index (χ0v) is 8.48. The summed E-state index contributed by atoms with van der Waals surface area (Å²) in [4.78, 5) is 27.4. The van der Waals surface area contributed by atoms with E-state index in [1.54, 1.807) is 42.7 Å². The molecular formula is C12H10N2O2. The highest BCUT2D eigenvalue weighted by Gasteiger charge is 1.82. The Bertz CT molecular complexity index is 386. The van der Waals surface area contributed by atoms with Gasteiger partial charge in [0.05, 0.1) is 0 Å². The van der Waals surface area contributed by atoms with Gasteiger partial charge in [0.25, 0.3) is 0 Å². The Balaban J connectivity index is 0.000000160. The zero-order chi connectivity index (χ0) is 11.6. The van der Waals surface area contributed by atoms with E-state index in [0.29, 0.717) is 11.3 Å². The van der Waals surface area contributed by atoms with Gasteiger partial charge in [-0.3, -0.25) is 19.6 Å². The molecule has 2 rings (SSSR count). The molecule has 4 nitrogen and oxygen atoms in total. The van der Waals surface area contributed by atoms with Crippen LogP contribution >= 0.6 is 0 Å². The summed E-state index contributed by atoms with van der Waals surface area (Å²) in [5.41, 5.74) is 1.10. The number of pyridine rings is 2. The van der Waals surface area contributed by atoms with Gasteiger partial charge in [0, 0.05) is 24.2 Å². The van der Waals surface area contributed by atoms with E-state index in [0.717, 1.165) is 12.6 Å². The van der Waals surface area contributed by atoms with Crippen molar-refractivity contribution >= 4 is 12.6 Å². The van der Waals surface area contributed by atoms with Crippen LogP contribution in [0.1, 0.15) is 20.8 Å². The van der Waals surface area contributed by atoms with Crippen LogP contribution in [0.2, 0.25) is 0 Å². The molecule has 0 aliphatic heterocycles. The first-order valence-corrected chi connectivity index (χ1v) is 4.58. The summed E-state index contributed by atoms with van der Waals surface area (Å²) in [6.07, 6.45) is 6.23. The van der Waals surface area contributed by atoms with Gasteiger partial charge in [-0.25, -0.2) is 0 Å². The fourth-order valence-corrected chi connectivity index (χ4v) is 0.891. The number of hydrogen-bond acceptors (Lipinski definition) is 4. The number of hydrogen-bond donors (Lipinski definition) is 0. The molecule has 0 spiro atoms. The third kappa shape index (κ3) is 4.23. The highest BCUT2D eigenvalue weighted by Crippen LogP contribution is 1.87. The summed E-state index contributed by atoms with van der Waals surface area (Å²) in [6, 6.07) is 8.64. The monoisotopic (exact) mass is 214 g/mol. The minimum absolute atomic E-state index is 0.479. The molecule has 2 aromatic rings. The quantitative estimate of drug-likeness (QED) is 0.715. The average Bonchev–Trinajstić information content (AvgIpc) is 2.41. The molecule has 2 heterocycles. The maximum absolute atomic E-state index is 9.97. The van der Waals surface area contributed by atoms with E-state index in [1.807, 2.05) is 0 Å². The van der Waals surface area contributed by atoms with Gasteiger partial charge in [-0.15, -0.1) is 0 Å². The van der Waals surface area contributed by atoms with Crippen LogP contribution in [0.4, 0.5) is 0 Å². The molecule has 0 saturated heterocycles. The van der Waals surface area contributed by atoms with E-state index < -0.39 is 0 Å². The summed E-state index contributed by atoms with van der Waals surface area (Å²) in [6.45, 7) is 0. The normalized spacial score (nSPS) is 8.50. The van der Waals surface area contributed by atoms with Crippen molar-refractivity contribution in [2.45, 2.75) is 0 Å². The Morgan fingerprint density at radius 1 is 0.938 bits per heavy atom. The first-order valence-electron chi connectivity index (χ1n) is 4.58. The summed E-state index contributed by atoms with van der Waals surface area (Å²) in [5.74, 6) is 0. The van der Waals surface area contributed by atoms with Gasteiger partial charge in [0.2, 0.25) is 0 Å². The topological polar surface area (TPSA) is 59.9 Å². The third-order valence-corrected chi connectivity index (χ3v) is 1.63. The number of carbonyl (C=O) groups is 2. The number of aldehydes is 2.